The van der Waals surface area contributed by atoms with Crippen LogP contribution in [0.15, 0.2) is 18.2 Å². The summed E-state index contributed by atoms with van der Waals surface area (Å²) < 4.78 is 0. The minimum atomic E-state index is -0.152. The van der Waals surface area contributed by atoms with Gasteiger partial charge in [-0.15, -0.1) is 0 Å². The first-order valence-electron chi connectivity index (χ1n) is 6.00. The number of piperidine rings is 1. The van der Waals surface area contributed by atoms with Crippen molar-refractivity contribution in [2.24, 2.45) is 17.6 Å². The van der Waals surface area contributed by atoms with E-state index in [0.29, 0.717) is 22.7 Å². The number of hydrogen-bond donors (Lipinski definition) is 1. The highest BCUT2D eigenvalue weighted by Gasteiger charge is 2.59. The van der Waals surface area contributed by atoms with E-state index in [1.54, 1.807) is 18.2 Å². The molecule has 1 heterocycles. The van der Waals surface area contributed by atoms with Crippen LogP contribution in [-0.2, 0) is 9.59 Å². The number of anilines is 1. The molecule has 0 spiro atoms. The normalized spacial score (nSPS) is 24.0. The molecule has 2 unspecified atom stereocenters. The second-order valence-electron chi connectivity index (χ2n) is 4.63. The summed E-state index contributed by atoms with van der Waals surface area (Å²) in [5, 5.41) is 0.376. The number of fused-ring (bicyclic) bond motifs is 1. The molecule has 1 aliphatic heterocycles. The molecule has 2 atom stereocenters. The Morgan fingerprint density at radius 2 is 2.00 bits per heavy atom. The van der Waals surface area contributed by atoms with Crippen molar-refractivity contribution in [1.82, 2.24) is 0 Å². The van der Waals surface area contributed by atoms with E-state index in [1.807, 2.05) is 0 Å². The van der Waals surface area contributed by atoms with Crippen molar-refractivity contribution in [3.8, 4) is 11.8 Å². The van der Waals surface area contributed by atoms with Crippen LogP contribution in [0.25, 0.3) is 0 Å². The molecule has 1 aliphatic carbocycles. The molecule has 5 heteroatoms. The van der Waals surface area contributed by atoms with Gasteiger partial charge in [0.2, 0.25) is 11.8 Å². The molecular weight excluding hydrogens is 264 g/mol. The molecule has 96 valence electrons. The van der Waals surface area contributed by atoms with E-state index < -0.39 is 0 Å². The zero-order chi connectivity index (χ0) is 13.6. The van der Waals surface area contributed by atoms with Crippen molar-refractivity contribution in [3.05, 3.63) is 28.8 Å². The van der Waals surface area contributed by atoms with Gasteiger partial charge >= 0.3 is 0 Å². The molecule has 2 amide bonds. The van der Waals surface area contributed by atoms with Gasteiger partial charge in [0.1, 0.15) is 0 Å². The third-order valence-corrected chi connectivity index (χ3v) is 3.71. The molecule has 2 N–H and O–H groups in total. The average molecular weight is 275 g/mol. The summed E-state index contributed by atoms with van der Waals surface area (Å²) in [6, 6.07) is 5.04. The number of carbonyl (C=O) groups excluding carboxylic acids is 2. The Hall–Kier alpha value is -1.83. The monoisotopic (exact) mass is 274 g/mol. The van der Waals surface area contributed by atoms with E-state index in [2.05, 4.69) is 11.8 Å². The van der Waals surface area contributed by atoms with E-state index in [1.165, 1.54) is 4.90 Å². The summed E-state index contributed by atoms with van der Waals surface area (Å²) in [6.07, 6.45) is 0.679. The van der Waals surface area contributed by atoms with Crippen LogP contribution in [0.1, 0.15) is 12.0 Å². The molecule has 3 rings (SSSR count). The summed E-state index contributed by atoms with van der Waals surface area (Å²) in [7, 11) is 0. The summed E-state index contributed by atoms with van der Waals surface area (Å²) in [6.45, 7) is 0.254. The van der Waals surface area contributed by atoms with E-state index in [0.717, 1.165) is 0 Å². The average Bonchev–Trinajstić information content (AvgIpc) is 3.15. The number of halogens is 1. The first kappa shape index (κ1) is 12.2. The minimum Gasteiger partial charge on any atom is -0.320 e. The molecule has 1 saturated carbocycles. The number of nitrogens with two attached hydrogens (primary N) is 1. The van der Waals surface area contributed by atoms with Gasteiger partial charge in [-0.3, -0.25) is 9.59 Å². The lowest BCUT2D eigenvalue weighted by Crippen LogP contribution is -2.33. The van der Waals surface area contributed by atoms with Gasteiger partial charge in [0.25, 0.3) is 0 Å². The Labute approximate surface area is 115 Å². The molecule has 2 fully saturated rings. The van der Waals surface area contributed by atoms with Gasteiger partial charge < -0.3 is 5.73 Å². The zero-order valence-electron chi connectivity index (χ0n) is 10.0. The number of benzene rings is 1. The molecule has 19 heavy (non-hydrogen) atoms. The Morgan fingerprint density at radius 3 is 2.63 bits per heavy atom. The highest BCUT2D eigenvalue weighted by molar-refractivity contribution is 6.36. The Morgan fingerprint density at radius 1 is 1.32 bits per heavy atom. The van der Waals surface area contributed by atoms with Crippen molar-refractivity contribution in [2.45, 2.75) is 6.42 Å². The Bertz CT molecular complexity index is 625. The molecule has 2 aliphatic rings. The lowest BCUT2D eigenvalue weighted by molar-refractivity contribution is -0.123. The quantitative estimate of drug-likeness (QED) is 0.617. The maximum Gasteiger partial charge on any atom is 0.237 e. The van der Waals surface area contributed by atoms with Gasteiger partial charge in [-0.1, -0.05) is 23.4 Å². The number of rotatable bonds is 1. The van der Waals surface area contributed by atoms with Gasteiger partial charge in [-0.25, -0.2) is 4.90 Å². The van der Waals surface area contributed by atoms with E-state index in [4.69, 9.17) is 17.3 Å². The van der Waals surface area contributed by atoms with Gasteiger partial charge in [-0.2, -0.15) is 0 Å². The Kier molecular flexibility index (Phi) is 2.81. The fourth-order valence-electron chi connectivity index (χ4n) is 2.33. The summed E-state index contributed by atoms with van der Waals surface area (Å²) >= 11 is 6.08. The first-order chi connectivity index (χ1) is 9.13. The van der Waals surface area contributed by atoms with Gasteiger partial charge in [0, 0.05) is 5.56 Å². The second kappa shape index (κ2) is 4.37. The maximum absolute atomic E-state index is 12.0. The van der Waals surface area contributed by atoms with Crippen LogP contribution >= 0.6 is 11.6 Å². The molecule has 1 aromatic carbocycles. The lowest BCUT2D eigenvalue weighted by Gasteiger charge is -2.18. The summed E-state index contributed by atoms with van der Waals surface area (Å²) in [4.78, 5) is 25.2. The molecule has 1 saturated heterocycles. The fourth-order valence-corrected chi connectivity index (χ4v) is 2.54. The third-order valence-electron chi connectivity index (χ3n) is 3.39. The van der Waals surface area contributed by atoms with Gasteiger partial charge in [0.05, 0.1) is 29.1 Å². The van der Waals surface area contributed by atoms with Crippen LogP contribution < -0.4 is 10.6 Å². The van der Waals surface area contributed by atoms with Crippen molar-refractivity contribution in [1.29, 1.82) is 0 Å². The highest BCUT2D eigenvalue weighted by atomic mass is 35.5. The summed E-state index contributed by atoms with van der Waals surface area (Å²) in [5.74, 6) is 5.02. The Balaban J connectivity index is 2.00. The van der Waals surface area contributed by atoms with Crippen LogP contribution in [0.2, 0.25) is 5.02 Å². The number of amides is 2. The van der Waals surface area contributed by atoms with Crippen LogP contribution in [0.4, 0.5) is 5.69 Å². The van der Waals surface area contributed by atoms with E-state index >= 15 is 0 Å². The number of nitrogens with zero attached hydrogens (tertiary/aromatic N) is 1. The van der Waals surface area contributed by atoms with Crippen LogP contribution in [0.3, 0.4) is 0 Å². The van der Waals surface area contributed by atoms with Gasteiger partial charge in [-0.05, 0) is 24.6 Å². The van der Waals surface area contributed by atoms with Crippen molar-refractivity contribution in [2.75, 3.05) is 11.4 Å². The fraction of sp³-hybridized carbons (Fsp3) is 0.286. The first-order valence-corrected chi connectivity index (χ1v) is 6.37. The van der Waals surface area contributed by atoms with E-state index in [9.17, 15) is 9.59 Å². The number of imide groups is 1. The molecule has 4 nitrogen and oxygen atoms in total. The SMILES string of the molecule is NCC#Cc1ccc(Cl)c(N2C(=O)C3CC3C2=O)c1. The van der Waals surface area contributed by atoms with Crippen molar-refractivity contribution in [3.63, 3.8) is 0 Å². The number of hydrogen-bond acceptors (Lipinski definition) is 3. The zero-order valence-corrected chi connectivity index (χ0v) is 10.8. The molecule has 0 radical (unpaired) electrons. The molecule has 0 aromatic heterocycles. The largest absolute Gasteiger partial charge is 0.320 e. The van der Waals surface area contributed by atoms with Crippen molar-refractivity contribution >= 4 is 29.1 Å². The molecular formula is C14H11ClN2O2. The predicted molar refractivity (Wildman–Crippen MR) is 71.5 cm³/mol. The third kappa shape index (κ3) is 1.92. The van der Waals surface area contributed by atoms with Gasteiger partial charge in [0.15, 0.2) is 0 Å². The number of carbonyl (C=O) groups is 2. The predicted octanol–water partition coefficient (Wildman–Crippen LogP) is 1.16. The van der Waals surface area contributed by atoms with Crippen LogP contribution in [0, 0.1) is 23.7 Å². The topological polar surface area (TPSA) is 63.4 Å². The van der Waals surface area contributed by atoms with Crippen LogP contribution in [0.5, 0.6) is 0 Å². The minimum absolute atomic E-state index is 0.137. The highest BCUT2D eigenvalue weighted by Crippen LogP contribution is 2.49. The summed E-state index contributed by atoms with van der Waals surface area (Å²) in [5.41, 5.74) is 6.43. The molecule has 1 aromatic rings. The van der Waals surface area contributed by atoms with Crippen molar-refractivity contribution < 1.29 is 9.59 Å². The molecule has 0 bridgehead atoms. The van der Waals surface area contributed by atoms with E-state index in [-0.39, 0.29) is 30.2 Å². The second-order valence-corrected chi connectivity index (χ2v) is 5.04. The lowest BCUT2D eigenvalue weighted by atomic mass is 10.2. The van der Waals surface area contributed by atoms with Crippen LogP contribution in [-0.4, -0.2) is 18.4 Å². The standard InChI is InChI=1S/C14H11ClN2O2/c15-11-4-3-8(2-1-5-16)6-12(11)17-13(18)9-7-10(9)14(17)19/h3-4,6,9-10H,5,7,16H2. The maximum atomic E-state index is 12.0. The smallest absolute Gasteiger partial charge is 0.237 e.